The van der Waals surface area contributed by atoms with Crippen molar-refractivity contribution in [2.24, 2.45) is 0 Å². The van der Waals surface area contributed by atoms with Crippen LogP contribution in [-0.2, 0) is 4.79 Å². The Hall–Kier alpha value is -1.62. The Balaban J connectivity index is 1.93. The molecule has 0 N–H and O–H groups in total. The number of nitrogens with zero attached hydrogens (tertiary/aromatic N) is 1. The topological polar surface area (TPSA) is 20.3 Å². The first-order chi connectivity index (χ1) is 10.5. The molecule has 0 bridgehead atoms. The van der Waals surface area contributed by atoms with Crippen molar-refractivity contribution < 1.29 is 4.79 Å². The van der Waals surface area contributed by atoms with Crippen LogP contribution in [0.3, 0.4) is 0 Å². The minimum atomic E-state index is -0.0983. The molecule has 0 unspecified atom stereocenters. The SMILES string of the molecule is Cc1cccc(/C=C2/SC(=S)N(c3ccc(Cl)cc3)C2=O)c1. The standard InChI is InChI=1S/C17H12ClNOS2/c1-11-3-2-4-12(9-11)10-15-16(20)19(17(21)22-15)14-7-5-13(18)6-8-14/h2-10H,1H3/b15-10+. The Morgan fingerprint density at radius 2 is 1.91 bits per heavy atom. The van der Waals surface area contributed by atoms with Gasteiger partial charge in [0.2, 0.25) is 0 Å². The van der Waals surface area contributed by atoms with Crippen molar-refractivity contribution in [2.75, 3.05) is 4.90 Å². The van der Waals surface area contributed by atoms with Gasteiger partial charge in [-0.1, -0.05) is 65.4 Å². The van der Waals surface area contributed by atoms with Crippen molar-refractivity contribution in [3.8, 4) is 0 Å². The van der Waals surface area contributed by atoms with Crippen molar-refractivity contribution in [1.29, 1.82) is 0 Å². The molecule has 1 amide bonds. The van der Waals surface area contributed by atoms with E-state index in [4.69, 9.17) is 23.8 Å². The van der Waals surface area contributed by atoms with Gasteiger partial charge >= 0.3 is 0 Å². The van der Waals surface area contributed by atoms with E-state index in [-0.39, 0.29) is 5.91 Å². The number of benzene rings is 2. The molecule has 0 atom stereocenters. The third-order valence-electron chi connectivity index (χ3n) is 3.22. The van der Waals surface area contributed by atoms with E-state index in [0.29, 0.717) is 14.2 Å². The van der Waals surface area contributed by atoms with Crippen LogP contribution in [0.15, 0.2) is 53.4 Å². The number of aryl methyl sites for hydroxylation is 1. The second-order valence-electron chi connectivity index (χ2n) is 4.91. The molecule has 1 aliphatic rings. The summed E-state index contributed by atoms with van der Waals surface area (Å²) in [5.74, 6) is -0.0983. The predicted molar refractivity (Wildman–Crippen MR) is 98.3 cm³/mol. The van der Waals surface area contributed by atoms with Crippen LogP contribution >= 0.6 is 35.6 Å². The van der Waals surface area contributed by atoms with E-state index in [9.17, 15) is 4.79 Å². The van der Waals surface area contributed by atoms with Gasteiger partial charge < -0.3 is 0 Å². The number of carbonyl (C=O) groups is 1. The molecular weight excluding hydrogens is 334 g/mol. The molecule has 1 fully saturated rings. The molecule has 0 spiro atoms. The molecule has 1 aliphatic heterocycles. The Labute approximate surface area is 143 Å². The first-order valence-electron chi connectivity index (χ1n) is 6.65. The minimum Gasteiger partial charge on any atom is -0.268 e. The molecule has 2 aromatic rings. The monoisotopic (exact) mass is 345 g/mol. The second kappa shape index (κ2) is 6.24. The van der Waals surface area contributed by atoms with Gasteiger partial charge in [-0.25, -0.2) is 0 Å². The fraction of sp³-hybridized carbons (Fsp3) is 0.0588. The molecule has 3 rings (SSSR count). The predicted octanol–water partition coefficient (Wildman–Crippen LogP) is 5.05. The van der Waals surface area contributed by atoms with Crippen LogP contribution in [0.2, 0.25) is 5.02 Å². The molecule has 1 heterocycles. The average Bonchev–Trinajstić information content (AvgIpc) is 2.75. The Kier molecular flexibility index (Phi) is 4.34. The molecule has 5 heteroatoms. The Bertz CT molecular complexity index is 784. The maximum absolute atomic E-state index is 12.6. The number of rotatable bonds is 2. The van der Waals surface area contributed by atoms with Crippen molar-refractivity contribution in [3.05, 3.63) is 69.6 Å². The summed E-state index contributed by atoms with van der Waals surface area (Å²) < 4.78 is 0.534. The van der Waals surface area contributed by atoms with E-state index < -0.39 is 0 Å². The average molecular weight is 346 g/mol. The zero-order chi connectivity index (χ0) is 15.7. The number of amides is 1. The third-order valence-corrected chi connectivity index (χ3v) is 4.77. The van der Waals surface area contributed by atoms with Gasteiger partial charge in [-0.05, 0) is 42.8 Å². The minimum absolute atomic E-state index is 0.0983. The molecule has 0 aliphatic carbocycles. The van der Waals surface area contributed by atoms with Crippen LogP contribution in [-0.4, -0.2) is 10.2 Å². The quantitative estimate of drug-likeness (QED) is 0.561. The molecule has 110 valence electrons. The summed E-state index contributed by atoms with van der Waals surface area (Å²) in [6.07, 6.45) is 1.88. The molecule has 22 heavy (non-hydrogen) atoms. The van der Waals surface area contributed by atoms with Gasteiger partial charge in [-0.3, -0.25) is 9.69 Å². The van der Waals surface area contributed by atoms with E-state index in [2.05, 4.69) is 0 Å². The number of thiocarbonyl (C=S) groups is 1. The summed E-state index contributed by atoms with van der Waals surface area (Å²) in [7, 11) is 0. The van der Waals surface area contributed by atoms with E-state index in [1.165, 1.54) is 16.7 Å². The van der Waals surface area contributed by atoms with Gasteiger partial charge in [0.05, 0.1) is 10.6 Å². The number of hydrogen-bond acceptors (Lipinski definition) is 3. The zero-order valence-electron chi connectivity index (χ0n) is 11.7. The number of thioether (sulfide) groups is 1. The summed E-state index contributed by atoms with van der Waals surface area (Å²) in [6.45, 7) is 2.02. The molecule has 0 radical (unpaired) electrons. The van der Waals surface area contributed by atoms with Crippen molar-refractivity contribution >= 4 is 57.6 Å². The number of anilines is 1. The molecule has 2 nitrogen and oxygen atoms in total. The molecule has 2 aromatic carbocycles. The first-order valence-corrected chi connectivity index (χ1v) is 8.25. The van der Waals surface area contributed by atoms with E-state index in [1.54, 1.807) is 24.3 Å². The largest absolute Gasteiger partial charge is 0.270 e. The zero-order valence-corrected chi connectivity index (χ0v) is 14.1. The molecular formula is C17H12ClNOS2. The van der Waals surface area contributed by atoms with Gasteiger partial charge in [0.1, 0.15) is 0 Å². The first kappa shape index (κ1) is 15.3. The van der Waals surface area contributed by atoms with Gasteiger partial charge in [-0.2, -0.15) is 0 Å². The van der Waals surface area contributed by atoms with Gasteiger partial charge in [-0.15, -0.1) is 0 Å². The highest BCUT2D eigenvalue weighted by Crippen LogP contribution is 2.36. The maximum atomic E-state index is 12.6. The fourth-order valence-corrected chi connectivity index (χ4v) is 3.62. The van der Waals surface area contributed by atoms with Crippen LogP contribution in [0, 0.1) is 6.92 Å². The number of hydrogen-bond donors (Lipinski definition) is 0. The molecule has 0 saturated carbocycles. The lowest BCUT2D eigenvalue weighted by Gasteiger charge is -2.14. The highest BCUT2D eigenvalue weighted by molar-refractivity contribution is 8.27. The summed E-state index contributed by atoms with van der Waals surface area (Å²) in [6, 6.07) is 15.1. The fourth-order valence-electron chi connectivity index (χ4n) is 2.19. The van der Waals surface area contributed by atoms with Crippen LogP contribution < -0.4 is 4.90 Å². The summed E-state index contributed by atoms with van der Waals surface area (Å²) in [4.78, 5) is 14.8. The van der Waals surface area contributed by atoms with Gasteiger partial charge in [0.25, 0.3) is 5.91 Å². The lowest BCUT2D eigenvalue weighted by molar-refractivity contribution is -0.113. The highest BCUT2D eigenvalue weighted by Gasteiger charge is 2.33. The van der Waals surface area contributed by atoms with Gasteiger partial charge in [0.15, 0.2) is 4.32 Å². The van der Waals surface area contributed by atoms with Crippen molar-refractivity contribution in [1.82, 2.24) is 0 Å². The van der Waals surface area contributed by atoms with E-state index in [0.717, 1.165) is 16.8 Å². The highest BCUT2D eigenvalue weighted by atomic mass is 35.5. The van der Waals surface area contributed by atoms with E-state index >= 15 is 0 Å². The lowest BCUT2D eigenvalue weighted by Crippen LogP contribution is -2.27. The van der Waals surface area contributed by atoms with Crippen LogP contribution in [0.1, 0.15) is 11.1 Å². The van der Waals surface area contributed by atoms with Crippen molar-refractivity contribution in [2.45, 2.75) is 6.92 Å². The van der Waals surface area contributed by atoms with Gasteiger partial charge in [0, 0.05) is 5.02 Å². The van der Waals surface area contributed by atoms with Crippen LogP contribution in [0.4, 0.5) is 5.69 Å². The molecule has 0 aromatic heterocycles. The van der Waals surface area contributed by atoms with Crippen LogP contribution in [0.5, 0.6) is 0 Å². The number of carbonyl (C=O) groups excluding carboxylic acids is 1. The maximum Gasteiger partial charge on any atom is 0.270 e. The second-order valence-corrected chi connectivity index (χ2v) is 7.02. The summed E-state index contributed by atoms with van der Waals surface area (Å²) in [5.41, 5.74) is 2.89. The van der Waals surface area contributed by atoms with E-state index in [1.807, 2.05) is 37.3 Å². The summed E-state index contributed by atoms with van der Waals surface area (Å²) in [5, 5.41) is 0.629. The normalized spacial score (nSPS) is 16.6. The summed E-state index contributed by atoms with van der Waals surface area (Å²) >= 11 is 12.6. The smallest absolute Gasteiger partial charge is 0.268 e. The molecule has 1 saturated heterocycles. The van der Waals surface area contributed by atoms with Crippen LogP contribution in [0.25, 0.3) is 6.08 Å². The van der Waals surface area contributed by atoms with Crippen molar-refractivity contribution in [3.63, 3.8) is 0 Å². The Morgan fingerprint density at radius 3 is 2.59 bits per heavy atom. The lowest BCUT2D eigenvalue weighted by atomic mass is 10.1. The number of halogens is 1. The third kappa shape index (κ3) is 3.09. The Morgan fingerprint density at radius 1 is 1.18 bits per heavy atom.